The van der Waals surface area contributed by atoms with Gasteiger partial charge in [0.2, 0.25) is 0 Å². The highest BCUT2D eigenvalue weighted by molar-refractivity contribution is 7.85. The van der Waals surface area contributed by atoms with Crippen LogP contribution in [-0.4, -0.2) is 32.1 Å². The van der Waals surface area contributed by atoms with Crippen molar-refractivity contribution in [2.45, 2.75) is 44.2 Å². The number of aryl methyl sites for hydroxylation is 2. The van der Waals surface area contributed by atoms with E-state index in [1.807, 2.05) is 19.1 Å². The first-order chi connectivity index (χ1) is 16.2. The zero-order valence-electron chi connectivity index (χ0n) is 18.6. The second-order valence-corrected chi connectivity index (χ2v) is 9.48. The van der Waals surface area contributed by atoms with E-state index in [0.717, 1.165) is 11.1 Å². The lowest BCUT2D eigenvalue weighted by molar-refractivity contribution is 0.483. The van der Waals surface area contributed by atoms with Crippen LogP contribution in [0.25, 0.3) is 11.2 Å². The zero-order chi connectivity index (χ0) is 24.5. The molecule has 0 radical (unpaired) electrons. The molecule has 11 heteroatoms. The molecule has 2 heterocycles. The van der Waals surface area contributed by atoms with Crippen molar-refractivity contribution >= 4 is 27.0 Å². The molecule has 0 aliphatic heterocycles. The number of nitrogens with one attached hydrogen (secondary N) is 1. The van der Waals surface area contributed by atoms with Gasteiger partial charge in [-0.15, -0.1) is 0 Å². The number of nitrogens with zero attached hydrogens (tertiary/aromatic N) is 3. The molecule has 0 unspecified atom stereocenters. The average molecular weight is 484 g/mol. The number of aromatic nitrogens is 4. The summed E-state index contributed by atoms with van der Waals surface area (Å²) in [7, 11) is -4.28. The van der Waals surface area contributed by atoms with Crippen molar-refractivity contribution < 1.29 is 13.0 Å². The van der Waals surface area contributed by atoms with Gasteiger partial charge < -0.3 is 10.7 Å². The van der Waals surface area contributed by atoms with Crippen LogP contribution in [0.3, 0.4) is 0 Å². The molecule has 0 saturated carbocycles. The molecule has 0 fully saturated rings. The number of nitrogens with two attached hydrogens (primary N) is 1. The lowest BCUT2D eigenvalue weighted by Crippen LogP contribution is -2.40. The van der Waals surface area contributed by atoms with Crippen LogP contribution in [0.4, 0.5) is 5.69 Å². The van der Waals surface area contributed by atoms with E-state index in [4.69, 9.17) is 10.3 Å². The highest BCUT2D eigenvalue weighted by atomic mass is 32.2. The zero-order valence-corrected chi connectivity index (χ0v) is 19.4. The summed E-state index contributed by atoms with van der Waals surface area (Å²) >= 11 is 0. The van der Waals surface area contributed by atoms with Crippen molar-refractivity contribution in [3.8, 4) is 0 Å². The van der Waals surface area contributed by atoms with Crippen molar-refractivity contribution in [1.82, 2.24) is 19.1 Å². The molecule has 0 bridgehead atoms. The Morgan fingerprint density at radius 3 is 2.24 bits per heavy atom. The summed E-state index contributed by atoms with van der Waals surface area (Å²) in [6, 6.07) is 13.1. The predicted molar refractivity (Wildman–Crippen MR) is 129 cm³/mol. The molecule has 0 amide bonds. The van der Waals surface area contributed by atoms with Gasteiger partial charge in [-0.25, -0.2) is 9.78 Å². The highest BCUT2D eigenvalue weighted by Crippen LogP contribution is 2.15. The number of anilines is 1. The van der Waals surface area contributed by atoms with E-state index < -0.39 is 21.4 Å². The van der Waals surface area contributed by atoms with E-state index in [0.29, 0.717) is 37.4 Å². The van der Waals surface area contributed by atoms with Crippen LogP contribution in [0.1, 0.15) is 30.3 Å². The van der Waals surface area contributed by atoms with Gasteiger partial charge in [-0.1, -0.05) is 31.2 Å². The Kier molecular flexibility index (Phi) is 6.40. The lowest BCUT2D eigenvalue weighted by atomic mass is 10.1. The molecule has 0 atom stereocenters. The molecular formula is C23H25N5O5S. The van der Waals surface area contributed by atoms with Crippen molar-refractivity contribution in [2.75, 3.05) is 5.73 Å². The molecule has 4 N–H and O–H groups in total. The average Bonchev–Trinajstić information content (AvgIpc) is 3.21. The Morgan fingerprint density at radius 2 is 1.62 bits per heavy atom. The fourth-order valence-electron chi connectivity index (χ4n) is 3.82. The number of nitrogen functional groups attached to an aromatic ring is 1. The SMILES string of the molecule is CCCn1c(=O)c2[nH]c(Cc3ccc(S(=O)(=O)O)cc3)nc2n(CCc2ccc(N)cc2)c1=O. The smallest absolute Gasteiger partial charge is 0.332 e. The first-order valence-electron chi connectivity index (χ1n) is 10.8. The second-order valence-electron chi connectivity index (χ2n) is 8.06. The minimum absolute atomic E-state index is 0.209. The largest absolute Gasteiger partial charge is 0.399 e. The Labute approximate surface area is 195 Å². The van der Waals surface area contributed by atoms with Gasteiger partial charge in [-0.05, 0) is 48.2 Å². The standard InChI is InChI=1S/C23H25N5O5S/c1-2-12-28-22(29)20-21(27(23(28)30)13-11-15-3-7-17(24)8-4-15)26-19(25-20)14-16-5-9-18(10-6-16)34(31,32)33/h3-10H,2,11-14,24H2,1H3,(H,25,26)(H,31,32,33). The molecule has 0 aliphatic rings. The Balaban J connectivity index is 1.72. The van der Waals surface area contributed by atoms with Crippen LogP contribution in [0.5, 0.6) is 0 Å². The maximum Gasteiger partial charge on any atom is 0.332 e. The van der Waals surface area contributed by atoms with Gasteiger partial charge in [0.15, 0.2) is 5.65 Å². The number of hydrogen-bond acceptors (Lipinski definition) is 6. The maximum absolute atomic E-state index is 13.1. The molecular weight excluding hydrogens is 458 g/mol. The molecule has 4 aromatic rings. The van der Waals surface area contributed by atoms with Crippen molar-refractivity contribution in [2.24, 2.45) is 0 Å². The third-order valence-electron chi connectivity index (χ3n) is 5.55. The van der Waals surface area contributed by atoms with E-state index in [9.17, 15) is 18.0 Å². The van der Waals surface area contributed by atoms with Crippen LogP contribution in [-0.2, 0) is 36.0 Å². The molecule has 34 heavy (non-hydrogen) atoms. The number of rotatable bonds is 8. The molecule has 10 nitrogen and oxygen atoms in total. The normalized spacial score (nSPS) is 11.8. The predicted octanol–water partition coefficient (Wildman–Crippen LogP) is 1.96. The van der Waals surface area contributed by atoms with Crippen molar-refractivity contribution in [3.05, 3.63) is 86.3 Å². The first kappa shape index (κ1) is 23.5. The number of hydrogen-bond donors (Lipinski definition) is 3. The van der Waals surface area contributed by atoms with Gasteiger partial charge in [0.25, 0.3) is 15.7 Å². The van der Waals surface area contributed by atoms with Crippen LogP contribution in [0.15, 0.2) is 63.0 Å². The van der Waals surface area contributed by atoms with Crippen LogP contribution >= 0.6 is 0 Å². The lowest BCUT2D eigenvalue weighted by Gasteiger charge is -2.11. The van der Waals surface area contributed by atoms with Gasteiger partial charge in [0.05, 0.1) is 4.90 Å². The Morgan fingerprint density at radius 1 is 0.971 bits per heavy atom. The summed E-state index contributed by atoms with van der Waals surface area (Å²) in [5.74, 6) is 0.460. The summed E-state index contributed by atoms with van der Waals surface area (Å²) in [6.45, 7) is 2.51. The summed E-state index contributed by atoms with van der Waals surface area (Å²) in [5.41, 5.74) is 7.81. The molecule has 0 spiro atoms. The minimum atomic E-state index is -4.28. The van der Waals surface area contributed by atoms with E-state index in [1.54, 1.807) is 24.3 Å². The summed E-state index contributed by atoms with van der Waals surface area (Å²) in [5, 5.41) is 0. The van der Waals surface area contributed by atoms with Crippen LogP contribution in [0, 0.1) is 0 Å². The van der Waals surface area contributed by atoms with Crippen molar-refractivity contribution in [1.29, 1.82) is 0 Å². The van der Waals surface area contributed by atoms with Gasteiger partial charge in [0.1, 0.15) is 11.3 Å². The van der Waals surface area contributed by atoms with E-state index in [-0.39, 0.29) is 22.5 Å². The third kappa shape index (κ3) is 4.80. The summed E-state index contributed by atoms with van der Waals surface area (Å²) in [6.07, 6.45) is 1.46. The second kappa shape index (κ2) is 9.27. The third-order valence-corrected chi connectivity index (χ3v) is 6.42. The fraction of sp³-hybridized carbons (Fsp3) is 0.261. The molecule has 2 aromatic carbocycles. The fourth-order valence-corrected chi connectivity index (χ4v) is 4.30. The van der Waals surface area contributed by atoms with E-state index in [1.165, 1.54) is 21.3 Å². The number of H-pyrrole nitrogens is 1. The number of aromatic amines is 1. The van der Waals surface area contributed by atoms with Crippen molar-refractivity contribution in [3.63, 3.8) is 0 Å². The number of benzene rings is 2. The Bertz CT molecular complexity index is 1550. The highest BCUT2D eigenvalue weighted by Gasteiger charge is 2.17. The molecule has 2 aromatic heterocycles. The first-order valence-corrected chi connectivity index (χ1v) is 12.2. The molecule has 178 valence electrons. The summed E-state index contributed by atoms with van der Waals surface area (Å²) < 4.78 is 34.4. The van der Waals surface area contributed by atoms with Gasteiger partial charge in [-0.2, -0.15) is 8.42 Å². The molecule has 0 saturated heterocycles. The Hall–Kier alpha value is -3.70. The van der Waals surface area contributed by atoms with E-state index in [2.05, 4.69) is 9.97 Å². The maximum atomic E-state index is 13.1. The van der Waals surface area contributed by atoms with E-state index >= 15 is 0 Å². The van der Waals surface area contributed by atoms with Gasteiger partial charge in [-0.3, -0.25) is 18.5 Å². The van der Waals surface area contributed by atoms with Crippen LogP contribution in [0.2, 0.25) is 0 Å². The summed E-state index contributed by atoms with van der Waals surface area (Å²) in [4.78, 5) is 33.5. The molecule has 0 aliphatic carbocycles. The number of imidazole rings is 1. The van der Waals surface area contributed by atoms with Crippen LogP contribution < -0.4 is 17.0 Å². The molecule has 4 rings (SSSR count). The van der Waals surface area contributed by atoms with Gasteiger partial charge >= 0.3 is 5.69 Å². The monoisotopic (exact) mass is 483 g/mol. The minimum Gasteiger partial charge on any atom is -0.399 e. The van der Waals surface area contributed by atoms with Gasteiger partial charge in [0, 0.05) is 25.2 Å². The topological polar surface area (TPSA) is 153 Å². The number of fused-ring (bicyclic) bond motifs is 1. The quantitative estimate of drug-likeness (QED) is 0.256.